The van der Waals surface area contributed by atoms with E-state index < -0.39 is 12.0 Å². The highest BCUT2D eigenvalue weighted by Crippen LogP contribution is 2.33. The zero-order valence-electron chi connectivity index (χ0n) is 9.88. The molecule has 1 atom stereocenters. The molecule has 4 N–H and O–H groups in total. The zero-order chi connectivity index (χ0) is 13.7. The van der Waals surface area contributed by atoms with Crippen molar-refractivity contribution >= 4 is 5.97 Å². The number of ether oxygens (including phenoxy) is 1. The Morgan fingerprint density at radius 2 is 2.28 bits per heavy atom. The van der Waals surface area contributed by atoms with Gasteiger partial charge in [-0.1, -0.05) is 0 Å². The highest BCUT2D eigenvalue weighted by atomic mass is 16.5. The predicted molar refractivity (Wildman–Crippen MR) is 63.2 cm³/mol. The Bertz CT molecular complexity index is 494. The van der Waals surface area contributed by atoms with Crippen LogP contribution in [0.25, 0.3) is 0 Å². The van der Waals surface area contributed by atoms with Crippen LogP contribution in [-0.4, -0.2) is 23.3 Å². The number of phenolic OH excluding ortho intramolecular Hbond substituents is 1. The SMILES string of the molecule is COc1c(O)cc(C(N)CCC(=O)O)cc1C#N. The molecule has 1 unspecified atom stereocenters. The van der Waals surface area contributed by atoms with E-state index in [1.807, 2.05) is 6.07 Å². The van der Waals surface area contributed by atoms with Crippen LogP contribution in [0.1, 0.15) is 30.0 Å². The number of aromatic hydroxyl groups is 1. The number of nitriles is 1. The molecule has 1 aromatic rings. The molecular weight excluding hydrogens is 236 g/mol. The van der Waals surface area contributed by atoms with E-state index in [2.05, 4.69) is 0 Å². The Morgan fingerprint density at radius 3 is 2.78 bits per heavy atom. The maximum absolute atomic E-state index is 10.4. The number of aliphatic carboxylic acids is 1. The number of methoxy groups -OCH3 is 1. The normalized spacial score (nSPS) is 11.6. The van der Waals surface area contributed by atoms with Crippen LogP contribution in [0.4, 0.5) is 0 Å². The minimum atomic E-state index is -0.941. The van der Waals surface area contributed by atoms with Crippen LogP contribution < -0.4 is 10.5 Å². The third kappa shape index (κ3) is 3.12. The molecule has 0 aliphatic heterocycles. The van der Waals surface area contributed by atoms with E-state index in [0.29, 0.717) is 5.56 Å². The van der Waals surface area contributed by atoms with Crippen molar-refractivity contribution in [2.45, 2.75) is 18.9 Å². The molecule has 0 amide bonds. The van der Waals surface area contributed by atoms with E-state index >= 15 is 0 Å². The second-order valence-corrected chi connectivity index (χ2v) is 3.77. The van der Waals surface area contributed by atoms with Crippen LogP contribution in [0.3, 0.4) is 0 Å². The van der Waals surface area contributed by atoms with Gasteiger partial charge in [-0.2, -0.15) is 5.26 Å². The summed E-state index contributed by atoms with van der Waals surface area (Å²) < 4.78 is 4.89. The van der Waals surface area contributed by atoms with Gasteiger partial charge in [0.25, 0.3) is 0 Å². The summed E-state index contributed by atoms with van der Waals surface area (Å²) in [5.41, 5.74) is 6.47. The Labute approximate surface area is 104 Å². The molecule has 0 heterocycles. The molecule has 0 fully saturated rings. The van der Waals surface area contributed by atoms with Gasteiger partial charge in [0, 0.05) is 12.5 Å². The number of hydrogen-bond donors (Lipinski definition) is 3. The number of carbonyl (C=O) groups is 1. The van der Waals surface area contributed by atoms with Gasteiger partial charge in [0.05, 0.1) is 12.7 Å². The lowest BCUT2D eigenvalue weighted by Crippen LogP contribution is -2.12. The van der Waals surface area contributed by atoms with E-state index in [0.717, 1.165) is 0 Å². The van der Waals surface area contributed by atoms with E-state index in [4.69, 9.17) is 20.8 Å². The van der Waals surface area contributed by atoms with Crippen molar-refractivity contribution in [3.63, 3.8) is 0 Å². The molecule has 1 aromatic carbocycles. The van der Waals surface area contributed by atoms with Gasteiger partial charge in [-0.15, -0.1) is 0 Å². The number of rotatable bonds is 5. The third-order valence-electron chi connectivity index (χ3n) is 2.51. The Morgan fingerprint density at radius 1 is 1.61 bits per heavy atom. The average Bonchev–Trinajstić information content (AvgIpc) is 2.34. The van der Waals surface area contributed by atoms with Crippen LogP contribution in [0.15, 0.2) is 12.1 Å². The maximum Gasteiger partial charge on any atom is 0.303 e. The lowest BCUT2D eigenvalue weighted by molar-refractivity contribution is -0.137. The van der Waals surface area contributed by atoms with Crippen LogP contribution >= 0.6 is 0 Å². The minimum absolute atomic E-state index is 0.0736. The summed E-state index contributed by atoms with van der Waals surface area (Å²) in [5, 5.41) is 27.2. The molecule has 0 saturated heterocycles. The van der Waals surface area contributed by atoms with Crippen molar-refractivity contribution in [3.8, 4) is 17.6 Å². The van der Waals surface area contributed by atoms with Gasteiger partial charge in [0.15, 0.2) is 11.5 Å². The second kappa shape index (κ2) is 5.89. The van der Waals surface area contributed by atoms with Crippen molar-refractivity contribution in [2.75, 3.05) is 7.11 Å². The van der Waals surface area contributed by atoms with E-state index in [9.17, 15) is 9.90 Å². The second-order valence-electron chi connectivity index (χ2n) is 3.77. The first kappa shape index (κ1) is 13.8. The van der Waals surface area contributed by atoms with Gasteiger partial charge >= 0.3 is 5.97 Å². The first-order valence-corrected chi connectivity index (χ1v) is 5.28. The van der Waals surface area contributed by atoms with Crippen molar-refractivity contribution in [3.05, 3.63) is 23.3 Å². The van der Waals surface area contributed by atoms with Crippen LogP contribution in [0.5, 0.6) is 11.5 Å². The molecule has 96 valence electrons. The van der Waals surface area contributed by atoms with Gasteiger partial charge in [0.1, 0.15) is 6.07 Å². The number of nitrogens with two attached hydrogens (primary N) is 1. The first-order valence-electron chi connectivity index (χ1n) is 5.28. The molecule has 6 heteroatoms. The van der Waals surface area contributed by atoms with Gasteiger partial charge in [-0.05, 0) is 24.1 Å². The fourth-order valence-electron chi connectivity index (χ4n) is 1.59. The standard InChI is InChI=1S/C12H14N2O4/c1-18-12-8(6-13)4-7(5-10(12)15)9(14)2-3-11(16)17/h4-5,9,15H,2-3,14H2,1H3,(H,16,17). The van der Waals surface area contributed by atoms with Crippen molar-refractivity contribution in [1.82, 2.24) is 0 Å². The molecule has 0 spiro atoms. The molecule has 18 heavy (non-hydrogen) atoms. The number of carboxylic acids is 1. The lowest BCUT2D eigenvalue weighted by Gasteiger charge is -2.13. The monoisotopic (exact) mass is 250 g/mol. The zero-order valence-corrected chi connectivity index (χ0v) is 9.88. The van der Waals surface area contributed by atoms with E-state index in [1.165, 1.54) is 19.2 Å². The van der Waals surface area contributed by atoms with E-state index in [-0.39, 0.29) is 29.9 Å². The summed E-state index contributed by atoms with van der Waals surface area (Å²) in [5.74, 6) is -1.03. The van der Waals surface area contributed by atoms with Gasteiger partial charge in [-0.3, -0.25) is 4.79 Å². The Balaban J connectivity index is 3.01. The number of phenols is 1. The van der Waals surface area contributed by atoms with Crippen molar-refractivity contribution in [2.24, 2.45) is 5.73 Å². The molecule has 0 aliphatic carbocycles. The number of hydrogen-bond acceptors (Lipinski definition) is 5. The summed E-state index contributed by atoms with van der Waals surface area (Å²) in [4.78, 5) is 10.4. The number of nitrogens with zero attached hydrogens (tertiary/aromatic N) is 1. The Kier molecular flexibility index (Phi) is 4.52. The molecule has 0 saturated carbocycles. The number of benzene rings is 1. The molecule has 0 aliphatic rings. The summed E-state index contributed by atoms with van der Waals surface area (Å²) in [6.45, 7) is 0. The maximum atomic E-state index is 10.4. The fraction of sp³-hybridized carbons (Fsp3) is 0.333. The molecule has 6 nitrogen and oxygen atoms in total. The van der Waals surface area contributed by atoms with E-state index in [1.54, 1.807) is 0 Å². The van der Waals surface area contributed by atoms with Gasteiger partial charge in [-0.25, -0.2) is 0 Å². The summed E-state index contributed by atoms with van der Waals surface area (Å²) in [6.07, 6.45) is 0.155. The highest BCUT2D eigenvalue weighted by molar-refractivity contribution is 5.66. The minimum Gasteiger partial charge on any atom is -0.504 e. The molecule has 0 bridgehead atoms. The van der Waals surface area contributed by atoms with Crippen LogP contribution in [-0.2, 0) is 4.79 Å². The van der Waals surface area contributed by atoms with Crippen molar-refractivity contribution in [1.29, 1.82) is 5.26 Å². The third-order valence-corrected chi connectivity index (χ3v) is 2.51. The topological polar surface area (TPSA) is 117 Å². The molecule has 1 rings (SSSR count). The average molecular weight is 250 g/mol. The van der Waals surface area contributed by atoms with Gasteiger partial charge < -0.3 is 20.7 Å². The predicted octanol–water partition coefficient (Wildman–Crippen LogP) is 1.14. The fourth-order valence-corrected chi connectivity index (χ4v) is 1.59. The van der Waals surface area contributed by atoms with Crippen molar-refractivity contribution < 1.29 is 19.7 Å². The molecular formula is C12H14N2O4. The van der Waals surface area contributed by atoms with Crippen LogP contribution in [0, 0.1) is 11.3 Å². The largest absolute Gasteiger partial charge is 0.504 e. The first-order chi connectivity index (χ1) is 8.49. The quantitative estimate of drug-likeness (QED) is 0.721. The number of carboxylic acid groups (broad SMARTS) is 1. The smallest absolute Gasteiger partial charge is 0.303 e. The lowest BCUT2D eigenvalue weighted by atomic mass is 10.00. The molecule has 0 radical (unpaired) electrons. The highest BCUT2D eigenvalue weighted by Gasteiger charge is 2.15. The summed E-state index contributed by atoms with van der Waals surface area (Å²) >= 11 is 0. The van der Waals surface area contributed by atoms with Gasteiger partial charge in [0.2, 0.25) is 0 Å². The van der Waals surface area contributed by atoms with Crippen LogP contribution in [0.2, 0.25) is 0 Å². The molecule has 0 aromatic heterocycles. The summed E-state index contributed by atoms with van der Waals surface area (Å²) in [6, 6.07) is 4.21. The summed E-state index contributed by atoms with van der Waals surface area (Å²) in [7, 11) is 1.35. The Hall–Kier alpha value is -2.26.